The summed E-state index contributed by atoms with van der Waals surface area (Å²) >= 11 is 0. The van der Waals surface area contributed by atoms with Crippen molar-refractivity contribution >= 4 is 11.9 Å². The summed E-state index contributed by atoms with van der Waals surface area (Å²) in [4.78, 5) is 15.2. The number of carbonyl (C=O) groups excluding carboxylic acids is 1. The van der Waals surface area contributed by atoms with Gasteiger partial charge in [-0.15, -0.1) is 0 Å². The number of carbonyl (C=O) groups is 1. The van der Waals surface area contributed by atoms with Gasteiger partial charge in [0.2, 0.25) is 0 Å². The molecule has 1 aliphatic heterocycles. The molecule has 1 N–H and O–H groups in total. The zero-order valence-electron chi connectivity index (χ0n) is 15.4. The minimum Gasteiger partial charge on any atom is -0.508 e. The molecule has 0 atom stereocenters. The summed E-state index contributed by atoms with van der Waals surface area (Å²) in [6.45, 7) is 4.61. The molecule has 0 bridgehead atoms. The molecule has 2 aromatic rings. The van der Waals surface area contributed by atoms with E-state index in [4.69, 9.17) is 0 Å². The van der Waals surface area contributed by atoms with E-state index >= 15 is 0 Å². The number of rotatable bonds is 6. The highest BCUT2D eigenvalue weighted by molar-refractivity contribution is 5.90. The summed E-state index contributed by atoms with van der Waals surface area (Å²) in [5, 5.41) is 9.86. The number of aromatic hydroxyl groups is 1. The van der Waals surface area contributed by atoms with Crippen molar-refractivity contribution in [1.29, 1.82) is 0 Å². The zero-order chi connectivity index (χ0) is 18.4. The molecule has 1 saturated heterocycles. The van der Waals surface area contributed by atoms with E-state index in [1.165, 1.54) is 5.56 Å². The molecule has 3 heteroatoms. The summed E-state index contributed by atoms with van der Waals surface area (Å²) in [5.41, 5.74) is 1.72. The summed E-state index contributed by atoms with van der Waals surface area (Å²) in [5.74, 6) is 0.515. The monoisotopic (exact) mass is 349 g/mol. The first-order valence-electron chi connectivity index (χ1n) is 9.41. The number of ketones is 1. The van der Waals surface area contributed by atoms with Crippen LogP contribution in [0.1, 0.15) is 37.3 Å². The SMILES string of the molecule is CCC(=O)C1(c2cccc(O)c2)CCN(CC=Cc2ccccc2)CC1. The van der Waals surface area contributed by atoms with Gasteiger partial charge < -0.3 is 5.11 Å². The number of Topliss-reactive ketones (excluding diaryl/α,β-unsaturated/α-hetero) is 1. The number of hydrogen-bond acceptors (Lipinski definition) is 3. The number of hydrogen-bond donors (Lipinski definition) is 1. The Kier molecular flexibility index (Phi) is 5.89. The first-order valence-corrected chi connectivity index (χ1v) is 9.41. The molecule has 0 aliphatic carbocycles. The summed E-state index contributed by atoms with van der Waals surface area (Å²) in [6, 6.07) is 17.5. The van der Waals surface area contributed by atoms with E-state index in [0.29, 0.717) is 6.42 Å². The maximum atomic E-state index is 12.8. The van der Waals surface area contributed by atoms with E-state index in [0.717, 1.165) is 38.0 Å². The normalized spacial score (nSPS) is 17.4. The lowest BCUT2D eigenvalue weighted by Crippen LogP contribution is -2.47. The van der Waals surface area contributed by atoms with E-state index in [9.17, 15) is 9.90 Å². The quantitative estimate of drug-likeness (QED) is 0.839. The van der Waals surface area contributed by atoms with Crippen molar-refractivity contribution in [2.24, 2.45) is 0 Å². The van der Waals surface area contributed by atoms with Crippen LogP contribution < -0.4 is 0 Å². The Labute approximate surface area is 156 Å². The second-order valence-corrected chi connectivity index (χ2v) is 7.02. The number of benzene rings is 2. The molecule has 136 valence electrons. The summed E-state index contributed by atoms with van der Waals surface area (Å²) in [6.07, 6.45) is 6.49. The minimum absolute atomic E-state index is 0.235. The van der Waals surface area contributed by atoms with Gasteiger partial charge in [0.25, 0.3) is 0 Å². The van der Waals surface area contributed by atoms with Crippen molar-refractivity contribution in [3.8, 4) is 5.75 Å². The number of phenolic OH excluding ortho intramolecular Hbond substituents is 1. The van der Waals surface area contributed by atoms with Crippen LogP contribution in [0.25, 0.3) is 6.08 Å². The molecule has 0 saturated carbocycles. The van der Waals surface area contributed by atoms with Gasteiger partial charge in [0.1, 0.15) is 11.5 Å². The molecule has 0 unspecified atom stereocenters. The van der Waals surface area contributed by atoms with Gasteiger partial charge in [0, 0.05) is 13.0 Å². The van der Waals surface area contributed by atoms with Crippen LogP contribution in [0, 0.1) is 0 Å². The van der Waals surface area contributed by atoms with Crippen LogP contribution in [-0.4, -0.2) is 35.4 Å². The highest BCUT2D eigenvalue weighted by Crippen LogP contribution is 2.38. The molecular formula is C23H27NO2. The van der Waals surface area contributed by atoms with Gasteiger partial charge in [0.15, 0.2) is 0 Å². The third-order valence-corrected chi connectivity index (χ3v) is 5.44. The first kappa shape index (κ1) is 18.4. The lowest BCUT2D eigenvalue weighted by Gasteiger charge is -2.41. The summed E-state index contributed by atoms with van der Waals surface area (Å²) < 4.78 is 0. The molecule has 0 aromatic heterocycles. The second kappa shape index (κ2) is 8.33. The molecular weight excluding hydrogens is 322 g/mol. The Balaban J connectivity index is 1.67. The highest BCUT2D eigenvalue weighted by atomic mass is 16.3. The molecule has 3 rings (SSSR count). The standard InChI is InChI=1S/C23H27NO2/c1-2-22(26)23(20-11-6-12-21(25)18-20)13-16-24(17-14-23)15-7-10-19-8-4-3-5-9-19/h3-12,18,25H,2,13-17H2,1H3. The molecule has 1 heterocycles. The number of piperidine rings is 1. The summed E-state index contributed by atoms with van der Waals surface area (Å²) in [7, 11) is 0. The molecule has 2 aromatic carbocycles. The fourth-order valence-corrected chi connectivity index (χ4v) is 3.89. The Hall–Kier alpha value is -2.39. The van der Waals surface area contributed by atoms with Crippen molar-refractivity contribution < 1.29 is 9.90 Å². The minimum atomic E-state index is -0.451. The van der Waals surface area contributed by atoms with Crippen molar-refractivity contribution in [1.82, 2.24) is 4.90 Å². The Morgan fingerprint density at radius 1 is 1.12 bits per heavy atom. The smallest absolute Gasteiger partial charge is 0.143 e. The lowest BCUT2D eigenvalue weighted by atomic mass is 9.69. The van der Waals surface area contributed by atoms with Crippen LogP contribution in [0.3, 0.4) is 0 Å². The van der Waals surface area contributed by atoms with Crippen LogP contribution in [0.15, 0.2) is 60.7 Å². The Bertz CT molecular complexity index is 759. The lowest BCUT2D eigenvalue weighted by molar-refractivity contribution is -0.126. The zero-order valence-corrected chi connectivity index (χ0v) is 15.4. The highest BCUT2D eigenvalue weighted by Gasteiger charge is 2.41. The number of likely N-dealkylation sites (tertiary alicyclic amines) is 1. The predicted octanol–water partition coefficient (Wildman–Crippen LogP) is 4.42. The van der Waals surface area contributed by atoms with Crippen molar-refractivity contribution in [3.63, 3.8) is 0 Å². The number of phenols is 1. The molecule has 0 amide bonds. The molecule has 0 spiro atoms. The third-order valence-electron chi connectivity index (χ3n) is 5.44. The van der Waals surface area contributed by atoms with Gasteiger partial charge >= 0.3 is 0 Å². The molecule has 26 heavy (non-hydrogen) atoms. The molecule has 1 fully saturated rings. The van der Waals surface area contributed by atoms with Gasteiger partial charge in [-0.2, -0.15) is 0 Å². The largest absolute Gasteiger partial charge is 0.508 e. The third kappa shape index (κ3) is 4.05. The van der Waals surface area contributed by atoms with E-state index in [1.54, 1.807) is 12.1 Å². The number of nitrogens with zero attached hydrogens (tertiary/aromatic N) is 1. The van der Waals surface area contributed by atoms with Crippen molar-refractivity contribution in [3.05, 3.63) is 71.8 Å². The van der Waals surface area contributed by atoms with E-state index in [2.05, 4.69) is 29.2 Å². The fraction of sp³-hybridized carbons (Fsp3) is 0.348. The van der Waals surface area contributed by atoms with Crippen LogP contribution in [-0.2, 0) is 10.2 Å². The van der Waals surface area contributed by atoms with E-state index in [-0.39, 0.29) is 11.5 Å². The van der Waals surface area contributed by atoms with Crippen LogP contribution in [0.5, 0.6) is 5.75 Å². The van der Waals surface area contributed by atoms with Gasteiger partial charge in [-0.1, -0.05) is 61.5 Å². The van der Waals surface area contributed by atoms with Crippen LogP contribution in [0.2, 0.25) is 0 Å². The Morgan fingerprint density at radius 3 is 2.50 bits per heavy atom. The molecule has 0 radical (unpaired) electrons. The maximum absolute atomic E-state index is 12.8. The molecule has 3 nitrogen and oxygen atoms in total. The first-order chi connectivity index (χ1) is 12.6. The van der Waals surface area contributed by atoms with E-state index < -0.39 is 5.41 Å². The van der Waals surface area contributed by atoms with Gasteiger partial charge in [0.05, 0.1) is 5.41 Å². The fourth-order valence-electron chi connectivity index (χ4n) is 3.89. The molecule has 1 aliphatic rings. The van der Waals surface area contributed by atoms with Crippen molar-refractivity contribution in [2.75, 3.05) is 19.6 Å². The van der Waals surface area contributed by atoms with Gasteiger partial charge in [-0.3, -0.25) is 9.69 Å². The van der Waals surface area contributed by atoms with Crippen LogP contribution >= 0.6 is 0 Å². The average Bonchev–Trinajstić information content (AvgIpc) is 2.69. The predicted molar refractivity (Wildman–Crippen MR) is 106 cm³/mol. The van der Waals surface area contributed by atoms with Gasteiger partial charge in [-0.25, -0.2) is 0 Å². The average molecular weight is 349 g/mol. The topological polar surface area (TPSA) is 40.5 Å². The maximum Gasteiger partial charge on any atom is 0.143 e. The van der Waals surface area contributed by atoms with E-state index in [1.807, 2.05) is 37.3 Å². The Morgan fingerprint density at radius 2 is 1.85 bits per heavy atom. The van der Waals surface area contributed by atoms with Crippen molar-refractivity contribution in [2.45, 2.75) is 31.6 Å². The van der Waals surface area contributed by atoms with Gasteiger partial charge in [-0.05, 0) is 49.2 Å². The second-order valence-electron chi connectivity index (χ2n) is 7.02. The van der Waals surface area contributed by atoms with Crippen LogP contribution in [0.4, 0.5) is 0 Å².